The Morgan fingerprint density at radius 2 is 2.05 bits per heavy atom. The van der Waals surface area contributed by atoms with Crippen LogP contribution >= 0.6 is 0 Å². The summed E-state index contributed by atoms with van der Waals surface area (Å²) in [4.78, 5) is 11.5. The van der Waals surface area contributed by atoms with Crippen LogP contribution in [-0.4, -0.2) is 33.8 Å². The zero-order valence-electron chi connectivity index (χ0n) is 10.6. The molecule has 1 aromatic heterocycles. The number of hydrogen-bond acceptors (Lipinski definition) is 4. The molecule has 0 fully saturated rings. The van der Waals surface area contributed by atoms with Crippen LogP contribution in [0, 0.1) is 10.1 Å². The molecular formula is C12H14N5O2+. The van der Waals surface area contributed by atoms with Crippen LogP contribution in [0.4, 0.5) is 0 Å². The predicted molar refractivity (Wildman–Crippen MR) is 69.1 cm³/mol. The zero-order valence-corrected chi connectivity index (χ0v) is 10.6. The minimum absolute atomic E-state index is 0.0682. The van der Waals surface area contributed by atoms with Crippen molar-refractivity contribution in [3.63, 3.8) is 0 Å². The van der Waals surface area contributed by atoms with E-state index in [1.807, 2.05) is 30.3 Å². The van der Waals surface area contributed by atoms with Crippen molar-refractivity contribution in [3.05, 3.63) is 58.8 Å². The molecule has 1 N–H and O–H groups in total. The van der Waals surface area contributed by atoms with Gasteiger partial charge < -0.3 is 4.90 Å². The van der Waals surface area contributed by atoms with E-state index in [0.717, 1.165) is 10.6 Å². The SMILES string of the molecule is C[NH+](C)/C=C(/c1nncn1-c1ccccc1)[N+](=O)[O-]. The molecule has 2 aromatic rings. The number of quaternary nitrogens is 1. The van der Waals surface area contributed by atoms with E-state index in [1.54, 1.807) is 18.7 Å². The Morgan fingerprint density at radius 1 is 1.37 bits per heavy atom. The van der Waals surface area contributed by atoms with Gasteiger partial charge in [0.1, 0.15) is 6.33 Å². The third-order valence-corrected chi connectivity index (χ3v) is 2.43. The van der Waals surface area contributed by atoms with Crippen molar-refractivity contribution < 1.29 is 9.82 Å². The first-order valence-corrected chi connectivity index (χ1v) is 5.71. The number of hydrogen-bond donors (Lipinski definition) is 1. The molecule has 0 saturated carbocycles. The molecule has 1 heterocycles. The van der Waals surface area contributed by atoms with Crippen LogP contribution in [0.1, 0.15) is 5.82 Å². The molecule has 0 saturated heterocycles. The number of nitrogens with one attached hydrogen (secondary N) is 1. The van der Waals surface area contributed by atoms with Crippen molar-refractivity contribution in [1.29, 1.82) is 0 Å². The van der Waals surface area contributed by atoms with Crippen molar-refractivity contribution in [2.45, 2.75) is 0 Å². The summed E-state index contributed by atoms with van der Waals surface area (Å²) in [5, 5.41) is 18.8. The number of rotatable bonds is 4. The fraction of sp³-hybridized carbons (Fsp3) is 0.167. The molecule has 7 heteroatoms. The lowest BCUT2D eigenvalue weighted by Gasteiger charge is -2.05. The van der Waals surface area contributed by atoms with Crippen molar-refractivity contribution in [2.75, 3.05) is 14.1 Å². The first-order valence-electron chi connectivity index (χ1n) is 5.71. The van der Waals surface area contributed by atoms with E-state index in [9.17, 15) is 10.1 Å². The van der Waals surface area contributed by atoms with Crippen molar-refractivity contribution in [1.82, 2.24) is 14.8 Å². The Kier molecular flexibility index (Phi) is 3.67. The molecule has 0 aliphatic carbocycles. The van der Waals surface area contributed by atoms with Crippen LogP contribution < -0.4 is 4.90 Å². The molecule has 7 nitrogen and oxygen atoms in total. The van der Waals surface area contributed by atoms with Gasteiger partial charge in [0.05, 0.1) is 19.0 Å². The Balaban J connectivity index is 2.52. The molecule has 0 aliphatic heterocycles. The summed E-state index contributed by atoms with van der Waals surface area (Å²) >= 11 is 0. The van der Waals surface area contributed by atoms with Gasteiger partial charge in [0.25, 0.3) is 0 Å². The summed E-state index contributed by atoms with van der Waals surface area (Å²) in [5.74, 6) is 0.220. The molecule has 0 radical (unpaired) electrons. The monoisotopic (exact) mass is 260 g/mol. The quantitative estimate of drug-likeness (QED) is 0.619. The molecule has 0 atom stereocenters. The second kappa shape index (κ2) is 5.40. The van der Waals surface area contributed by atoms with E-state index in [4.69, 9.17) is 0 Å². The molecule has 0 bridgehead atoms. The number of benzene rings is 1. The van der Waals surface area contributed by atoms with Gasteiger partial charge in [0.2, 0.25) is 5.82 Å². The smallest absolute Gasteiger partial charge is 0.308 e. The van der Waals surface area contributed by atoms with E-state index in [-0.39, 0.29) is 11.5 Å². The molecule has 19 heavy (non-hydrogen) atoms. The first-order chi connectivity index (χ1) is 9.09. The normalized spacial score (nSPS) is 11.8. The first kappa shape index (κ1) is 12.9. The third kappa shape index (κ3) is 2.83. The molecule has 0 aliphatic rings. The Morgan fingerprint density at radius 3 is 2.63 bits per heavy atom. The van der Waals surface area contributed by atoms with Crippen LogP contribution in [-0.2, 0) is 0 Å². The molecule has 2 rings (SSSR count). The second-order valence-electron chi connectivity index (χ2n) is 4.22. The van der Waals surface area contributed by atoms with E-state index in [0.29, 0.717) is 0 Å². The maximum Gasteiger partial charge on any atom is 0.366 e. The number of aromatic nitrogens is 3. The summed E-state index contributed by atoms with van der Waals surface area (Å²) in [6, 6.07) is 9.26. The maximum atomic E-state index is 11.2. The van der Waals surface area contributed by atoms with Gasteiger partial charge in [0, 0.05) is 5.69 Å². The lowest BCUT2D eigenvalue weighted by Crippen LogP contribution is -3.00. The molecule has 0 amide bonds. The zero-order chi connectivity index (χ0) is 13.8. The summed E-state index contributed by atoms with van der Waals surface area (Å²) in [6.07, 6.45) is 2.95. The topological polar surface area (TPSA) is 78.3 Å². The van der Waals surface area contributed by atoms with Gasteiger partial charge in [-0.3, -0.25) is 14.7 Å². The number of nitro groups is 1. The van der Waals surface area contributed by atoms with Crippen molar-refractivity contribution >= 4 is 5.70 Å². The largest absolute Gasteiger partial charge is 0.366 e. The van der Waals surface area contributed by atoms with E-state index in [1.165, 1.54) is 12.5 Å². The average Bonchev–Trinajstić information content (AvgIpc) is 2.85. The lowest BCUT2D eigenvalue weighted by atomic mass is 10.3. The van der Waals surface area contributed by atoms with Crippen LogP contribution in [0.15, 0.2) is 42.9 Å². The average molecular weight is 260 g/mol. The van der Waals surface area contributed by atoms with Gasteiger partial charge in [-0.05, 0) is 12.1 Å². The van der Waals surface area contributed by atoms with Gasteiger partial charge in [-0.1, -0.05) is 18.2 Å². The minimum atomic E-state index is -0.448. The Hall–Kier alpha value is -2.54. The van der Waals surface area contributed by atoms with Gasteiger partial charge in [-0.15, -0.1) is 10.2 Å². The standard InChI is InChI=1S/C12H13N5O2/c1-15(2)8-11(17(18)19)12-14-13-9-16(12)10-6-4-3-5-7-10/h3-9H,1-2H3/p+1/b11-8-. The van der Waals surface area contributed by atoms with E-state index < -0.39 is 4.92 Å². The summed E-state index contributed by atoms with van der Waals surface area (Å²) in [7, 11) is 3.60. The van der Waals surface area contributed by atoms with Crippen LogP contribution in [0.2, 0.25) is 0 Å². The summed E-state index contributed by atoms with van der Waals surface area (Å²) < 4.78 is 1.59. The van der Waals surface area contributed by atoms with E-state index >= 15 is 0 Å². The molecular weight excluding hydrogens is 246 g/mol. The van der Waals surface area contributed by atoms with Gasteiger partial charge in [0.15, 0.2) is 6.20 Å². The highest BCUT2D eigenvalue weighted by Crippen LogP contribution is 2.15. The fourth-order valence-electron chi connectivity index (χ4n) is 1.66. The van der Waals surface area contributed by atoms with Crippen molar-refractivity contribution in [3.8, 4) is 5.69 Å². The van der Waals surface area contributed by atoms with Gasteiger partial charge in [-0.25, -0.2) is 0 Å². The molecule has 0 spiro atoms. The summed E-state index contributed by atoms with van der Waals surface area (Å²) in [5.41, 5.74) is 0.713. The van der Waals surface area contributed by atoms with Crippen LogP contribution in [0.3, 0.4) is 0 Å². The minimum Gasteiger partial charge on any atom is -0.308 e. The molecule has 0 unspecified atom stereocenters. The van der Waals surface area contributed by atoms with Gasteiger partial charge >= 0.3 is 5.70 Å². The second-order valence-corrected chi connectivity index (χ2v) is 4.22. The maximum absolute atomic E-state index is 11.2. The number of para-hydroxylation sites is 1. The van der Waals surface area contributed by atoms with Crippen LogP contribution in [0.25, 0.3) is 11.4 Å². The van der Waals surface area contributed by atoms with Gasteiger partial charge in [-0.2, -0.15) is 0 Å². The molecule has 98 valence electrons. The third-order valence-electron chi connectivity index (χ3n) is 2.43. The highest BCUT2D eigenvalue weighted by molar-refractivity contribution is 5.52. The van der Waals surface area contributed by atoms with E-state index in [2.05, 4.69) is 10.2 Å². The number of nitrogens with zero attached hydrogens (tertiary/aromatic N) is 4. The predicted octanol–water partition coefficient (Wildman–Crippen LogP) is -0.0131. The Labute approximate surface area is 109 Å². The Bertz CT molecular complexity index is 604. The summed E-state index contributed by atoms with van der Waals surface area (Å²) in [6.45, 7) is 0. The van der Waals surface area contributed by atoms with Crippen LogP contribution in [0.5, 0.6) is 0 Å². The highest BCUT2D eigenvalue weighted by atomic mass is 16.6. The van der Waals surface area contributed by atoms with Crippen molar-refractivity contribution in [2.24, 2.45) is 0 Å². The fourth-order valence-corrected chi connectivity index (χ4v) is 1.66. The molecule has 1 aromatic carbocycles. The lowest BCUT2D eigenvalue weighted by molar-refractivity contribution is -0.802. The highest BCUT2D eigenvalue weighted by Gasteiger charge is 2.24.